The molecular formula is C14H21NO2. The van der Waals surface area contributed by atoms with E-state index in [-0.39, 0.29) is 5.79 Å². The summed E-state index contributed by atoms with van der Waals surface area (Å²) in [6, 6.07) is 10.8. The van der Waals surface area contributed by atoms with E-state index in [1.165, 1.54) is 5.56 Å². The third-order valence-electron chi connectivity index (χ3n) is 3.23. The number of hydrogen-bond donors (Lipinski definition) is 1. The Morgan fingerprint density at radius 1 is 1.24 bits per heavy atom. The number of benzene rings is 1. The van der Waals surface area contributed by atoms with Crippen molar-refractivity contribution in [2.24, 2.45) is 0 Å². The molecule has 3 heteroatoms. The van der Waals surface area contributed by atoms with Crippen LogP contribution in [0, 0.1) is 0 Å². The van der Waals surface area contributed by atoms with Crippen molar-refractivity contribution in [1.29, 1.82) is 0 Å². The average Bonchev–Trinajstić information content (AvgIpc) is 2.77. The molecule has 1 aliphatic heterocycles. The fourth-order valence-electron chi connectivity index (χ4n) is 2.08. The lowest BCUT2D eigenvalue weighted by Crippen LogP contribution is -2.32. The zero-order chi connectivity index (χ0) is 12.1. The molecule has 1 N–H and O–H groups in total. The maximum atomic E-state index is 5.57. The highest BCUT2D eigenvalue weighted by Gasteiger charge is 2.30. The molecule has 0 aliphatic carbocycles. The van der Waals surface area contributed by atoms with Crippen LogP contribution in [-0.2, 0) is 9.47 Å². The van der Waals surface area contributed by atoms with Gasteiger partial charge in [0.1, 0.15) is 0 Å². The van der Waals surface area contributed by atoms with Crippen LogP contribution in [0.5, 0.6) is 0 Å². The van der Waals surface area contributed by atoms with Crippen LogP contribution in [0.3, 0.4) is 0 Å². The van der Waals surface area contributed by atoms with Crippen molar-refractivity contribution in [1.82, 2.24) is 5.32 Å². The predicted molar refractivity (Wildman–Crippen MR) is 67.8 cm³/mol. The van der Waals surface area contributed by atoms with Crippen molar-refractivity contribution < 1.29 is 9.47 Å². The van der Waals surface area contributed by atoms with Gasteiger partial charge in [0.15, 0.2) is 5.79 Å². The van der Waals surface area contributed by atoms with Crippen molar-refractivity contribution in [3.63, 3.8) is 0 Å². The van der Waals surface area contributed by atoms with Crippen LogP contribution in [0.4, 0.5) is 0 Å². The first kappa shape index (κ1) is 12.6. The second kappa shape index (κ2) is 5.63. The summed E-state index contributed by atoms with van der Waals surface area (Å²) < 4.78 is 11.1. The summed E-state index contributed by atoms with van der Waals surface area (Å²) in [5.41, 5.74) is 1.31. The molecule has 1 fully saturated rings. The van der Waals surface area contributed by atoms with E-state index in [1.54, 1.807) is 0 Å². The van der Waals surface area contributed by atoms with Crippen LogP contribution < -0.4 is 5.32 Å². The summed E-state index contributed by atoms with van der Waals surface area (Å²) in [6.07, 6.45) is 0.879. The molecule has 1 atom stereocenters. The van der Waals surface area contributed by atoms with Gasteiger partial charge in [-0.25, -0.2) is 0 Å². The van der Waals surface area contributed by atoms with Crippen molar-refractivity contribution in [3.8, 4) is 0 Å². The zero-order valence-corrected chi connectivity index (χ0v) is 10.6. The SMILES string of the molecule is CC(NCCC1(C)OCCO1)c1ccccc1. The van der Waals surface area contributed by atoms with E-state index in [0.717, 1.165) is 13.0 Å². The molecular weight excluding hydrogens is 214 g/mol. The van der Waals surface area contributed by atoms with Crippen LogP contribution >= 0.6 is 0 Å². The van der Waals surface area contributed by atoms with Gasteiger partial charge in [-0.15, -0.1) is 0 Å². The topological polar surface area (TPSA) is 30.5 Å². The van der Waals surface area contributed by atoms with Gasteiger partial charge in [0.2, 0.25) is 0 Å². The van der Waals surface area contributed by atoms with Crippen LogP contribution in [0.1, 0.15) is 31.9 Å². The maximum Gasteiger partial charge on any atom is 0.166 e. The molecule has 1 aromatic carbocycles. The Hall–Kier alpha value is -0.900. The first-order valence-corrected chi connectivity index (χ1v) is 6.26. The molecule has 1 aromatic rings. The van der Waals surface area contributed by atoms with Gasteiger partial charge >= 0.3 is 0 Å². The summed E-state index contributed by atoms with van der Waals surface area (Å²) in [5, 5.41) is 3.49. The van der Waals surface area contributed by atoms with Crippen LogP contribution in [-0.4, -0.2) is 25.5 Å². The molecule has 0 aromatic heterocycles. The number of rotatable bonds is 5. The fourth-order valence-corrected chi connectivity index (χ4v) is 2.08. The Labute approximate surface area is 103 Å². The summed E-state index contributed by atoms with van der Waals surface area (Å²) in [5.74, 6) is -0.386. The van der Waals surface area contributed by atoms with Gasteiger partial charge in [-0.1, -0.05) is 30.3 Å². The van der Waals surface area contributed by atoms with E-state index < -0.39 is 0 Å². The lowest BCUT2D eigenvalue weighted by atomic mass is 10.1. The summed E-state index contributed by atoms with van der Waals surface area (Å²) in [7, 11) is 0. The van der Waals surface area contributed by atoms with Crippen molar-refractivity contribution in [3.05, 3.63) is 35.9 Å². The van der Waals surface area contributed by atoms with E-state index in [2.05, 4.69) is 36.5 Å². The molecule has 0 spiro atoms. The largest absolute Gasteiger partial charge is 0.348 e. The Morgan fingerprint density at radius 2 is 1.88 bits per heavy atom. The Balaban J connectivity index is 1.75. The van der Waals surface area contributed by atoms with Crippen molar-refractivity contribution in [2.45, 2.75) is 32.1 Å². The van der Waals surface area contributed by atoms with E-state index in [0.29, 0.717) is 19.3 Å². The molecule has 3 nitrogen and oxygen atoms in total. The minimum atomic E-state index is -0.386. The predicted octanol–water partition coefficient (Wildman–Crippen LogP) is 2.49. The molecule has 0 bridgehead atoms. The van der Waals surface area contributed by atoms with Crippen LogP contribution in [0.15, 0.2) is 30.3 Å². The highest BCUT2D eigenvalue weighted by atomic mass is 16.7. The highest BCUT2D eigenvalue weighted by molar-refractivity contribution is 5.17. The summed E-state index contributed by atoms with van der Waals surface area (Å²) in [6.45, 7) is 6.50. The van der Waals surface area contributed by atoms with E-state index >= 15 is 0 Å². The second-order valence-electron chi connectivity index (χ2n) is 4.67. The van der Waals surface area contributed by atoms with Gasteiger partial charge in [-0.3, -0.25) is 0 Å². The number of nitrogens with one attached hydrogen (secondary N) is 1. The van der Waals surface area contributed by atoms with Crippen molar-refractivity contribution in [2.75, 3.05) is 19.8 Å². The Kier molecular flexibility index (Phi) is 4.15. The first-order chi connectivity index (χ1) is 8.20. The molecule has 17 heavy (non-hydrogen) atoms. The molecule has 1 heterocycles. The quantitative estimate of drug-likeness (QED) is 0.850. The highest BCUT2D eigenvalue weighted by Crippen LogP contribution is 2.22. The standard InChI is InChI=1S/C14H21NO2/c1-12(13-6-4-3-5-7-13)15-9-8-14(2)16-10-11-17-14/h3-7,12,15H,8-11H2,1-2H3. The van der Waals surface area contributed by atoms with Gasteiger partial charge in [0.05, 0.1) is 13.2 Å². The minimum absolute atomic E-state index is 0.362. The first-order valence-electron chi connectivity index (χ1n) is 6.26. The zero-order valence-electron chi connectivity index (χ0n) is 10.6. The molecule has 1 aliphatic rings. The average molecular weight is 235 g/mol. The van der Waals surface area contributed by atoms with E-state index in [4.69, 9.17) is 9.47 Å². The Bertz CT molecular complexity index is 333. The molecule has 1 saturated heterocycles. The molecule has 0 amide bonds. The smallest absolute Gasteiger partial charge is 0.166 e. The van der Waals surface area contributed by atoms with Gasteiger partial charge < -0.3 is 14.8 Å². The van der Waals surface area contributed by atoms with Gasteiger partial charge in [-0.05, 0) is 19.4 Å². The minimum Gasteiger partial charge on any atom is -0.348 e. The third kappa shape index (κ3) is 3.53. The molecule has 0 saturated carbocycles. The van der Waals surface area contributed by atoms with E-state index in [9.17, 15) is 0 Å². The molecule has 0 radical (unpaired) electrons. The molecule has 1 unspecified atom stereocenters. The fraction of sp³-hybridized carbons (Fsp3) is 0.571. The third-order valence-corrected chi connectivity index (χ3v) is 3.23. The van der Waals surface area contributed by atoms with Gasteiger partial charge in [0, 0.05) is 19.0 Å². The Morgan fingerprint density at radius 3 is 2.53 bits per heavy atom. The van der Waals surface area contributed by atoms with Gasteiger partial charge in [0.25, 0.3) is 0 Å². The van der Waals surface area contributed by atoms with Crippen LogP contribution in [0.25, 0.3) is 0 Å². The molecule has 94 valence electrons. The summed E-state index contributed by atoms with van der Waals surface area (Å²) in [4.78, 5) is 0. The number of ether oxygens (including phenoxy) is 2. The van der Waals surface area contributed by atoms with Crippen molar-refractivity contribution >= 4 is 0 Å². The maximum absolute atomic E-state index is 5.57. The van der Waals surface area contributed by atoms with Crippen LogP contribution in [0.2, 0.25) is 0 Å². The normalized spacial score (nSPS) is 20.4. The van der Waals surface area contributed by atoms with Gasteiger partial charge in [-0.2, -0.15) is 0 Å². The second-order valence-corrected chi connectivity index (χ2v) is 4.67. The lowest BCUT2D eigenvalue weighted by molar-refractivity contribution is -0.145. The molecule has 2 rings (SSSR count). The number of hydrogen-bond acceptors (Lipinski definition) is 3. The summed E-state index contributed by atoms with van der Waals surface area (Å²) >= 11 is 0. The monoisotopic (exact) mass is 235 g/mol. The van der Waals surface area contributed by atoms with E-state index in [1.807, 2.05) is 13.0 Å². The lowest BCUT2D eigenvalue weighted by Gasteiger charge is -2.23.